The summed E-state index contributed by atoms with van der Waals surface area (Å²) in [4.78, 5) is 0. The molecule has 0 aliphatic heterocycles. The van der Waals surface area contributed by atoms with Crippen LogP contribution in [0.4, 0.5) is 13.2 Å². The molecule has 0 saturated heterocycles. The zero-order valence-corrected chi connectivity index (χ0v) is 6.07. The summed E-state index contributed by atoms with van der Waals surface area (Å²) in [6.07, 6.45) is -2.16. The maximum Gasteiger partial charge on any atom is 0.392 e. The third-order valence-electron chi connectivity index (χ3n) is 0.870. The predicted octanol–water partition coefficient (Wildman–Crippen LogP) is 3.15. The molecular weight excluding hydrogens is 141 g/mol. The van der Waals surface area contributed by atoms with Gasteiger partial charge in [0.15, 0.2) is 0 Å². The number of alkyl halides is 3. The van der Waals surface area contributed by atoms with Crippen molar-refractivity contribution in [2.24, 2.45) is 5.92 Å². The smallest absolute Gasteiger partial charge is 0.171 e. The van der Waals surface area contributed by atoms with E-state index in [0.29, 0.717) is 0 Å². The van der Waals surface area contributed by atoms with Gasteiger partial charge in [-0.2, -0.15) is 13.2 Å². The zero-order chi connectivity index (χ0) is 8.20. The van der Waals surface area contributed by atoms with Crippen molar-refractivity contribution in [1.29, 1.82) is 0 Å². The monoisotopic (exact) mass is 152 g/mol. The Kier molecular flexibility index (Phi) is 3.47. The minimum atomic E-state index is -4.05. The van der Waals surface area contributed by atoms with Gasteiger partial charge >= 0.3 is 6.18 Å². The second kappa shape index (κ2) is 3.64. The Morgan fingerprint density at radius 1 is 1.30 bits per heavy atom. The summed E-state index contributed by atoms with van der Waals surface area (Å²) < 4.78 is 34.4. The number of hydrogen-bond donors (Lipinski definition) is 0. The van der Waals surface area contributed by atoms with E-state index in [9.17, 15) is 13.2 Å². The number of rotatable bonds is 2. The Morgan fingerprint density at radius 3 is 2.10 bits per heavy atom. The van der Waals surface area contributed by atoms with Gasteiger partial charge in [-0.15, -0.1) is 0 Å². The minimum Gasteiger partial charge on any atom is -0.171 e. The fourth-order valence-corrected chi connectivity index (χ4v) is 0.474. The first kappa shape index (κ1) is 9.53. The van der Waals surface area contributed by atoms with E-state index in [-0.39, 0.29) is 5.92 Å². The summed E-state index contributed by atoms with van der Waals surface area (Å²) in [5.41, 5.74) is 0. The quantitative estimate of drug-likeness (QED) is 0.533. The van der Waals surface area contributed by atoms with E-state index in [2.05, 4.69) is 0 Å². The highest BCUT2D eigenvalue weighted by molar-refractivity contribution is 4.86. The van der Waals surface area contributed by atoms with Gasteiger partial charge < -0.3 is 0 Å². The van der Waals surface area contributed by atoms with Crippen LogP contribution in [0, 0.1) is 5.92 Å². The molecule has 0 rings (SSSR count). The molecule has 0 aromatic carbocycles. The lowest BCUT2D eigenvalue weighted by Gasteiger charge is -2.00. The van der Waals surface area contributed by atoms with Crippen LogP contribution in [0.2, 0.25) is 0 Å². The predicted molar refractivity (Wildman–Crippen MR) is 34.6 cm³/mol. The van der Waals surface area contributed by atoms with Crippen molar-refractivity contribution in [3.63, 3.8) is 0 Å². The van der Waals surface area contributed by atoms with E-state index in [4.69, 9.17) is 0 Å². The van der Waals surface area contributed by atoms with E-state index in [1.165, 1.54) is 0 Å². The highest BCUT2D eigenvalue weighted by atomic mass is 19.4. The third-order valence-corrected chi connectivity index (χ3v) is 0.870. The van der Waals surface area contributed by atoms with Crippen molar-refractivity contribution in [2.45, 2.75) is 26.4 Å². The molecule has 10 heavy (non-hydrogen) atoms. The van der Waals surface area contributed by atoms with Crippen LogP contribution in [0.25, 0.3) is 0 Å². The molecule has 0 spiro atoms. The molecule has 0 aliphatic rings. The molecule has 0 bridgehead atoms. The molecule has 0 atom stereocenters. The highest BCUT2D eigenvalue weighted by Gasteiger charge is 2.24. The van der Waals surface area contributed by atoms with Gasteiger partial charge in [0, 0.05) is 0 Å². The van der Waals surface area contributed by atoms with Crippen LogP contribution in [0.3, 0.4) is 0 Å². The summed E-state index contributed by atoms with van der Waals surface area (Å²) in [7, 11) is 0. The fourth-order valence-electron chi connectivity index (χ4n) is 0.474. The Hall–Kier alpha value is -0.470. The lowest BCUT2D eigenvalue weighted by Crippen LogP contribution is -2.04. The van der Waals surface area contributed by atoms with Crippen molar-refractivity contribution in [2.75, 3.05) is 0 Å². The zero-order valence-electron chi connectivity index (χ0n) is 6.07. The van der Waals surface area contributed by atoms with Gasteiger partial charge in [0.2, 0.25) is 0 Å². The van der Waals surface area contributed by atoms with Gasteiger partial charge in [0.1, 0.15) is 0 Å². The summed E-state index contributed by atoms with van der Waals surface area (Å²) in [5, 5.41) is 0. The van der Waals surface area contributed by atoms with Gasteiger partial charge in [-0.3, -0.25) is 0 Å². The van der Waals surface area contributed by atoms with Crippen molar-refractivity contribution in [3.8, 4) is 0 Å². The van der Waals surface area contributed by atoms with Gasteiger partial charge in [-0.1, -0.05) is 26.0 Å². The van der Waals surface area contributed by atoms with Crippen molar-refractivity contribution in [1.82, 2.24) is 0 Å². The van der Waals surface area contributed by atoms with Crippen molar-refractivity contribution < 1.29 is 13.2 Å². The molecule has 0 unspecified atom stereocenters. The van der Waals surface area contributed by atoms with Crippen LogP contribution in [0.15, 0.2) is 12.2 Å². The fraction of sp³-hybridized carbons (Fsp3) is 0.714. The van der Waals surface area contributed by atoms with Gasteiger partial charge in [-0.25, -0.2) is 0 Å². The first-order valence-electron chi connectivity index (χ1n) is 3.15. The van der Waals surface area contributed by atoms with Gasteiger partial charge in [-0.05, 0) is 5.92 Å². The first-order chi connectivity index (χ1) is 4.42. The van der Waals surface area contributed by atoms with E-state index in [0.717, 1.165) is 6.08 Å². The Labute approximate surface area is 58.7 Å². The highest BCUT2D eigenvalue weighted by Crippen LogP contribution is 2.19. The average molecular weight is 152 g/mol. The van der Waals surface area contributed by atoms with Gasteiger partial charge in [0.05, 0.1) is 6.42 Å². The van der Waals surface area contributed by atoms with Crippen LogP contribution in [0.1, 0.15) is 20.3 Å². The second-order valence-electron chi connectivity index (χ2n) is 2.49. The summed E-state index contributed by atoms with van der Waals surface area (Å²) >= 11 is 0. The molecule has 0 aliphatic carbocycles. The second-order valence-corrected chi connectivity index (χ2v) is 2.49. The van der Waals surface area contributed by atoms with Crippen LogP contribution < -0.4 is 0 Å². The molecule has 3 heteroatoms. The first-order valence-corrected chi connectivity index (χ1v) is 3.15. The molecule has 0 N–H and O–H groups in total. The average Bonchev–Trinajstić information content (AvgIpc) is 1.59. The molecule has 0 saturated carbocycles. The molecule has 0 nitrogen and oxygen atoms in total. The summed E-state index contributed by atoms with van der Waals surface area (Å²) in [6, 6.07) is 0. The minimum absolute atomic E-state index is 0.197. The van der Waals surface area contributed by atoms with Crippen LogP contribution >= 0.6 is 0 Å². The van der Waals surface area contributed by atoms with Crippen molar-refractivity contribution >= 4 is 0 Å². The topological polar surface area (TPSA) is 0 Å². The van der Waals surface area contributed by atoms with E-state index in [1.807, 2.05) is 13.8 Å². The molecule has 0 amide bonds. The number of hydrogen-bond acceptors (Lipinski definition) is 0. The van der Waals surface area contributed by atoms with E-state index >= 15 is 0 Å². The molecular formula is C7H11F3. The SMILES string of the molecule is CC(C)/C=C\CC(F)(F)F. The molecule has 60 valence electrons. The molecule has 0 aromatic rings. The standard InChI is InChI=1S/C7H11F3/c1-6(2)4-3-5-7(8,9)10/h3-4,6H,5H2,1-2H3/b4-3-. The lowest BCUT2D eigenvalue weighted by atomic mass is 10.2. The summed E-state index contributed by atoms with van der Waals surface area (Å²) in [5.74, 6) is 0.197. The van der Waals surface area contributed by atoms with E-state index in [1.54, 1.807) is 6.08 Å². The number of allylic oxidation sites excluding steroid dienone is 2. The maximum atomic E-state index is 11.5. The van der Waals surface area contributed by atoms with E-state index < -0.39 is 12.6 Å². The normalized spacial score (nSPS) is 13.4. The Bertz CT molecular complexity index is 111. The van der Waals surface area contributed by atoms with Crippen LogP contribution in [0.5, 0.6) is 0 Å². The largest absolute Gasteiger partial charge is 0.392 e. The summed E-state index contributed by atoms with van der Waals surface area (Å²) in [6.45, 7) is 3.68. The van der Waals surface area contributed by atoms with Gasteiger partial charge in [0.25, 0.3) is 0 Å². The van der Waals surface area contributed by atoms with Crippen LogP contribution in [-0.2, 0) is 0 Å². The lowest BCUT2D eigenvalue weighted by molar-refractivity contribution is -0.125. The molecule has 0 heterocycles. The molecule has 0 aromatic heterocycles. The molecule has 0 fully saturated rings. The molecule has 0 radical (unpaired) electrons. The van der Waals surface area contributed by atoms with Crippen molar-refractivity contribution in [3.05, 3.63) is 12.2 Å². The Balaban J connectivity index is 3.54. The third kappa shape index (κ3) is 7.53. The Morgan fingerprint density at radius 2 is 1.80 bits per heavy atom. The number of halogens is 3. The van der Waals surface area contributed by atoms with Crippen LogP contribution in [-0.4, -0.2) is 6.18 Å². The maximum absolute atomic E-state index is 11.5.